The van der Waals surface area contributed by atoms with Crippen molar-refractivity contribution in [3.63, 3.8) is 0 Å². The number of nitro groups is 1. The summed E-state index contributed by atoms with van der Waals surface area (Å²) in [5, 5.41) is 13.1. The Bertz CT molecular complexity index is 880. The fourth-order valence-electron chi connectivity index (χ4n) is 3.64. The van der Waals surface area contributed by atoms with Crippen LogP contribution in [0.15, 0.2) is 46.5 Å². The lowest BCUT2D eigenvalue weighted by Crippen LogP contribution is -2.07. The minimum absolute atomic E-state index is 0.172. The van der Waals surface area contributed by atoms with Crippen molar-refractivity contribution in [2.45, 2.75) is 25.7 Å². The third-order valence-corrected chi connectivity index (χ3v) is 5.09. The Hall–Kier alpha value is -1.94. The average molecular weight is 356 g/mol. The van der Waals surface area contributed by atoms with Crippen molar-refractivity contribution in [2.24, 2.45) is 0 Å². The summed E-state index contributed by atoms with van der Waals surface area (Å²) in [5.74, 6) is 0. The fraction of sp³-hybridized carbons (Fsp3) is 0.222. The van der Waals surface area contributed by atoms with Crippen LogP contribution in [-0.4, -0.2) is 4.92 Å². The zero-order valence-corrected chi connectivity index (χ0v) is 13.5. The Balaban J connectivity index is 2.04. The Morgan fingerprint density at radius 1 is 1.09 bits per heavy atom. The van der Waals surface area contributed by atoms with Crippen molar-refractivity contribution in [3.8, 4) is 0 Å². The number of rotatable bonds is 1. The lowest BCUT2D eigenvalue weighted by molar-refractivity contribution is -0.383. The van der Waals surface area contributed by atoms with Crippen molar-refractivity contribution < 1.29 is 4.92 Å². The summed E-state index contributed by atoms with van der Waals surface area (Å²) in [5.41, 5.74) is 5.52. The van der Waals surface area contributed by atoms with E-state index >= 15 is 0 Å². The van der Waals surface area contributed by atoms with Gasteiger partial charge in [0.2, 0.25) is 0 Å². The molecule has 2 aliphatic carbocycles. The van der Waals surface area contributed by atoms with Crippen LogP contribution in [0.1, 0.15) is 30.4 Å². The molecule has 0 aromatic heterocycles. The van der Waals surface area contributed by atoms with Crippen molar-refractivity contribution in [1.82, 2.24) is 0 Å². The molecule has 0 atom stereocenters. The number of nitrogens with zero attached hydrogens (tertiary/aromatic N) is 1. The molecule has 3 nitrogen and oxygen atoms in total. The quantitative estimate of drug-likeness (QED) is 0.496. The average Bonchev–Trinajstić information content (AvgIpc) is 2.53. The molecule has 22 heavy (non-hydrogen) atoms. The summed E-state index contributed by atoms with van der Waals surface area (Å²) < 4.78 is 0.763. The molecular formula is C18H14BrNO2. The summed E-state index contributed by atoms with van der Waals surface area (Å²) >= 11 is 3.42. The van der Waals surface area contributed by atoms with Gasteiger partial charge in [-0.3, -0.25) is 10.1 Å². The van der Waals surface area contributed by atoms with E-state index in [-0.39, 0.29) is 10.6 Å². The Kier molecular flexibility index (Phi) is 3.15. The Labute approximate surface area is 136 Å². The molecule has 0 bridgehead atoms. The van der Waals surface area contributed by atoms with Gasteiger partial charge in [0.1, 0.15) is 0 Å². The first kappa shape index (κ1) is 13.7. The van der Waals surface area contributed by atoms with Crippen molar-refractivity contribution >= 4 is 38.0 Å². The van der Waals surface area contributed by atoms with E-state index in [4.69, 9.17) is 0 Å². The molecule has 4 heteroatoms. The van der Waals surface area contributed by atoms with Crippen molar-refractivity contribution in [2.75, 3.05) is 0 Å². The molecule has 0 fully saturated rings. The first-order chi connectivity index (χ1) is 10.6. The second-order valence-electron chi connectivity index (χ2n) is 5.83. The largest absolute Gasteiger partial charge is 0.278 e. The maximum Gasteiger partial charge on any atom is 0.278 e. The summed E-state index contributed by atoms with van der Waals surface area (Å²) in [4.78, 5) is 11.0. The van der Waals surface area contributed by atoms with Gasteiger partial charge in [-0.25, -0.2) is 0 Å². The van der Waals surface area contributed by atoms with Crippen LogP contribution in [0, 0.1) is 10.1 Å². The zero-order chi connectivity index (χ0) is 15.3. The van der Waals surface area contributed by atoms with Gasteiger partial charge in [0.15, 0.2) is 0 Å². The van der Waals surface area contributed by atoms with E-state index in [0.29, 0.717) is 0 Å². The van der Waals surface area contributed by atoms with Gasteiger partial charge < -0.3 is 0 Å². The standard InChI is InChI=1S/C18H14BrNO2/c19-12-9-17-15-6-5-11-3-1-2-4-13(11)14(15)7-8-16(17)18(10-12)20(21)22/h2,4,7-10H,1,3,5-6H2. The Morgan fingerprint density at radius 2 is 1.95 bits per heavy atom. The fourth-order valence-corrected chi connectivity index (χ4v) is 4.09. The highest BCUT2D eigenvalue weighted by molar-refractivity contribution is 9.10. The smallest absolute Gasteiger partial charge is 0.258 e. The molecule has 0 aliphatic heterocycles. The topological polar surface area (TPSA) is 43.1 Å². The highest BCUT2D eigenvalue weighted by Gasteiger charge is 2.23. The summed E-state index contributed by atoms with van der Waals surface area (Å²) in [6, 6.07) is 7.56. The van der Waals surface area contributed by atoms with Crippen molar-refractivity contribution in [3.05, 3.63) is 67.7 Å². The van der Waals surface area contributed by atoms with E-state index in [9.17, 15) is 10.1 Å². The first-order valence-corrected chi connectivity index (χ1v) is 8.23. The van der Waals surface area contributed by atoms with Gasteiger partial charge in [-0.05, 0) is 59.9 Å². The van der Waals surface area contributed by atoms with Crippen LogP contribution >= 0.6 is 15.9 Å². The molecule has 4 rings (SSSR count). The van der Waals surface area contributed by atoms with E-state index in [1.807, 2.05) is 12.1 Å². The van der Waals surface area contributed by atoms with Crippen LogP contribution in [0.4, 0.5) is 5.69 Å². The van der Waals surface area contributed by atoms with E-state index < -0.39 is 0 Å². The maximum absolute atomic E-state index is 11.3. The van der Waals surface area contributed by atoms with Gasteiger partial charge in [-0.1, -0.05) is 39.7 Å². The molecule has 0 amide bonds. The number of allylic oxidation sites excluding steroid dienone is 4. The predicted molar refractivity (Wildman–Crippen MR) is 91.9 cm³/mol. The molecule has 2 aromatic rings. The molecule has 2 aliphatic rings. The highest BCUT2D eigenvalue weighted by atomic mass is 79.9. The summed E-state index contributed by atoms with van der Waals surface area (Å²) in [6.07, 6.45) is 8.73. The van der Waals surface area contributed by atoms with E-state index in [1.54, 1.807) is 6.07 Å². The number of fused-ring (bicyclic) bond motifs is 4. The molecule has 0 unspecified atom stereocenters. The first-order valence-electron chi connectivity index (χ1n) is 7.43. The van der Waals surface area contributed by atoms with Crippen LogP contribution in [-0.2, 0) is 6.42 Å². The third-order valence-electron chi connectivity index (χ3n) is 4.63. The van der Waals surface area contributed by atoms with Gasteiger partial charge >= 0.3 is 0 Å². The summed E-state index contributed by atoms with van der Waals surface area (Å²) in [6.45, 7) is 0. The van der Waals surface area contributed by atoms with Crippen LogP contribution in [0.5, 0.6) is 0 Å². The predicted octanol–water partition coefficient (Wildman–Crippen LogP) is 5.56. The van der Waals surface area contributed by atoms with E-state index in [1.165, 1.54) is 22.3 Å². The second-order valence-corrected chi connectivity index (χ2v) is 6.74. The van der Waals surface area contributed by atoms with Gasteiger partial charge in [-0.15, -0.1) is 0 Å². The molecule has 2 aromatic carbocycles. The molecule has 0 heterocycles. The van der Waals surface area contributed by atoms with Crippen LogP contribution in [0.2, 0.25) is 0 Å². The van der Waals surface area contributed by atoms with Crippen molar-refractivity contribution in [1.29, 1.82) is 0 Å². The summed E-state index contributed by atoms with van der Waals surface area (Å²) in [7, 11) is 0. The molecule has 110 valence electrons. The lowest BCUT2D eigenvalue weighted by Gasteiger charge is -2.25. The van der Waals surface area contributed by atoms with Gasteiger partial charge in [0, 0.05) is 10.5 Å². The number of hydrogen-bond acceptors (Lipinski definition) is 2. The zero-order valence-electron chi connectivity index (χ0n) is 11.9. The maximum atomic E-state index is 11.3. The SMILES string of the molecule is O=[N+]([O-])c1cc(Br)cc2c3c(ccc12)C1=C(CCC=C1)CC3. The second kappa shape index (κ2) is 5.06. The number of non-ortho nitro benzene ring substituents is 1. The van der Waals surface area contributed by atoms with E-state index in [2.05, 4.69) is 34.1 Å². The minimum atomic E-state index is -0.298. The van der Waals surface area contributed by atoms with Gasteiger partial charge in [0.25, 0.3) is 5.69 Å². The van der Waals surface area contributed by atoms with Crippen LogP contribution in [0.25, 0.3) is 16.3 Å². The number of nitro benzene ring substituents is 1. The molecule has 0 radical (unpaired) electrons. The molecule has 0 N–H and O–H groups in total. The van der Waals surface area contributed by atoms with Gasteiger partial charge in [-0.2, -0.15) is 0 Å². The number of hydrogen-bond donors (Lipinski definition) is 0. The van der Waals surface area contributed by atoms with E-state index in [0.717, 1.165) is 40.9 Å². The highest BCUT2D eigenvalue weighted by Crippen LogP contribution is 2.42. The molecule has 0 spiro atoms. The normalized spacial score (nSPS) is 16.6. The van der Waals surface area contributed by atoms with Crippen LogP contribution < -0.4 is 0 Å². The molecular weight excluding hydrogens is 342 g/mol. The minimum Gasteiger partial charge on any atom is -0.258 e. The van der Waals surface area contributed by atoms with Crippen LogP contribution in [0.3, 0.4) is 0 Å². The number of aryl methyl sites for hydroxylation is 1. The Morgan fingerprint density at radius 3 is 2.77 bits per heavy atom. The number of halogens is 1. The monoisotopic (exact) mass is 355 g/mol. The molecule has 0 saturated heterocycles. The number of benzene rings is 2. The van der Waals surface area contributed by atoms with Gasteiger partial charge in [0.05, 0.1) is 10.3 Å². The lowest BCUT2D eigenvalue weighted by atomic mass is 9.79. The third kappa shape index (κ3) is 2.02. The molecule has 0 saturated carbocycles.